The van der Waals surface area contributed by atoms with Gasteiger partial charge in [-0.25, -0.2) is 15.2 Å². The van der Waals surface area contributed by atoms with Crippen LogP contribution in [0.1, 0.15) is 83.5 Å². The van der Waals surface area contributed by atoms with Gasteiger partial charge in [0.1, 0.15) is 0 Å². The van der Waals surface area contributed by atoms with Crippen LogP contribution in [0, 0.1) is 0 Å². The third-order valence-electron chi connectivity index (χ3n) is 6.38. The molecule has 0 aromatic carbocycles. The smallest absolute Gasteiger partial charge is 0.246 e. The quantitative estimate of drug-likeness (QED) is 0.170. The van der Waals surface area contributed by atoms with Crippen LogP contribution in [0.3, 0.4) is 0 Å². The Morgan fingerprint density at radius 1 is 0.476 bits per heavy atom. The predicted molar refractivity (Wildman–Crippen MR) is 149 cm³/mol. The summed E-state index contributed by atoms with van der Waals surface area (Å²) in [5.74, 6) is -2.77. The van der Waals surface area contributed by atoms with Gasteiger partial charge in [0.2, 0.25) is 35.4 Å². The van der Waals surface area contributed by atoms with Crippen LogP contribution in [0.4, 0.5) is 0 Å². The fraction of sp³-hybridized carbons (Fsp3) is 0.704. The lowest BCUT2D eigenvalue weighted by Crippen LogP contribution is -2.31. The molecule has 1 heterocycles. The Morgan fingerprint density at radius 3 is 1.33 bits per heavy atom. The molecule has 42 heavy (non-hydrogen) atoms. The molecular formula is C27H46N6O9. The summed E-state index contributed by atoms with van der Waals surface area (Å²) in [6, 6.07) is 0. The lowest BCUT2D eigenvalue weighted by Gasteiger charge is -2.15. The number of nitrogens with zero attached hydrogens (tertiary/aromatic N) is 3. The third kappa shape index (κ3) is 18.0. The van der Waals surface area contributed by atoms with Gasteiger partial charge in [-0.2, -0.15) is 0 Å². The van der Waals surface area contributed by atoms with Crippen LogP contribution in [0.25, 0.3) is 0 Å². The van der Waals surface area contributed by atoms with E-state index in [1.165, 1.54) is 0 Å². The minimum absolute atomic E-state index is 0.0680. The van der Waals surface area contributed by atoms with Crippen molar-refractivity contribution in [2.45, 2.75) is 83.5 Å². The zero-order valence-electron chi connectivity index (χ0n) is 24.2. The van der Waals surface area contributed by atoms with E-state index in [0.29, 0.717) is 73.2 Å². The number of rotatable bonds is 0. The number of amides is 6. The number of hydrogen-bond donors (Lipinski definition) is 6. The molecule has 6 amide bonds. The minimum atomic E-state index is -0.613. The Hall–Kier alpha value is -3.56. The summed E-state index contributed by atoms with van der Waals surface area (Å²) in [5, 5.41) is 39.3. The fourth-order valence-electron chi connectivity index (χ4n) is 3.83. The molecule has 1 rings (SSSR count). The minimum Gasteiger partial charge on any atom is -0.356 e. The first-order valence-electron chi connectivity index (χ1n) is 14.5. The van der Waals surface area contributed by atoms with E-state index < -0.39 is 17.7 Å². The van der Waals surface area contributed by atoms with Crippen LogP contribution in [-0.4, -0.2) is 106 Å². The summed E-state index contributed by atoms with van der Waals surface area (Å²) in [5.41, 5.74) is 0. The molecule has 0 aliphatic carbocycles. The van der Waals surface area contributed by atoms with Crippen molar-refractivity contribution in [1.29, 1.82) is 0 Å². The molecule has 1 aliphatic rings. The highest BCUT2D eigenvalue weighted by molar-refractivity contribution is 5.84. The van der Waals surface area contributed by atoms with E-state index >= 15 is 0 Å². The zero-order chi connectivity index (χ0) is 31.2. The molecular weight excluding hydrogens is 552 g/mol. The summed E-state index contributed by atoms with van der Waals surface area (Å²) in [6.45, 7) is 1.14. The van der Waals surface area contributed by atoms with Crippen molar-refractivity contribution in [3.8, 4) is 0 Å². The standard InChI is InChI=1S/C27H46N6O9/c34-22-10-14-26(38)32(41)20-8-3-6-18-30-24(36)12-15-27(39)33(42)21-9-2-5-17-29-23(35)11-13-25(37)31(40)19-7-1-4-16-28-22/h1,7,40-42H,2-6,8-21H2,(H,28,34)(H,29,35)(H,30,36)/b7-1-. The highest BCUT2D eigenvalue weighted by Gasteiger charge is 2.15. The Balaban J connectivity index is 2.53. The molecule has 0 bridgehead atoms. The Bertz CT molecular complexity index is 915. The number of hydroxylamine groups is 6. The first kappa shape index (κ1) is 36.5. The summed E-state index contributed by atoms with van der Waals surface area (Å²) in [4.78, 5) is 71.9. The first-order chi connectivity index (χ1) is 20.1. The molecule has 0 fully saturated rings. The Labute approximate surface area is 246 Å². The van der Waals surface area contributed by atoms with E-state index in [9.17, 15) is 44.4 Å². The van der Waals surface area contributed by atoms with E-state index in [4.69, 9.17) is 0 Å². The van der Waals surface area contributed by atoms with Crippen LogP contribution in [0.15, 0.2) is 12.2 Å². The van der Waals surface area contributed by atoms with Gasteiger partial charge in [0.15, 0.2) is 0 Å². The lowest BCUT2D eigenvalue weighted by atomic mass is 10.2. The summed E-state index contributed by atoms with van der Waals surface area (Å²) < 4.78 is 0. The molecule has 0 saturated carbocycles. The summed E-state index contributed by atoms with van der Waals surface area (Å²) >= 11 is 0. The molecule has 0 atom stereocenters. The molecule has 0 spiro atoms. The number of carbonyl (C=O) groups excluding carboxylic acids is 6. The molecule has 15 nitrogen and oxygen atoms in total. The van der Waals surface area contributed by atoms with Crippen molar-refractivity contribution in [2.24, 2.45) is 0 Å². The SMILES string of the molecule is O=C1CCC(=O)N(O)C/C=C\CCNC(=O)CCC(=O)N(O)CCCCCNC(=O)CCC(=O)N(O)CCCCCN1. The van der Waals surface area contributed by atoms with Crippen LogP contribution in [-0.2, 0) is 28.8 Å². The molecule has 0 saturated heterocycles. The highest BCUT2D eigenvalue weighted by atomic mass is 16.5. The second kappa shape index (κ2) is 22.1. The maximum atomic E-state index is 12.0. The highest BCUT2D eigenvalue weighted by Crippen LogP contribution is 2.03. The van der Waals surface area contributed by atoms with Crippen LogP contribution in [0.2, 0.25) is 0 Å². The van der Waals surface area contributed by atoms with Gasteiger partial charge >= 0.3 is 0 Å². The van der Waals surface area contributed by atoms with Gasteiger partial charge in [-0.05, 0) is 44.9 Å². The molecule has 6 N–H and O–H groups in total. The average Bonchev–Trinajstić information content (AvgIpc) is 2.97. The number of carbonyl (C=O) groups is 6. The fourth-order valence-corrected chi connectivity index (χ4v) is 3.83. The van der Waals surface area contributed by atoms with Crippen molar-refractivity contribution in [2.75, 3.05) is 39.3 Å². The molecule has 1 aliphatic heterocycles. The second-order valence-electron chi connectivity index (χ2n) is 9.94. The first-order valence-corrected chi connectivity index (χ1v) is 14.5. The van der Waals surface area contributed by atoms with Gasteiger partial charge in [-0.15, -0.1) is 0 Å². The van der Waals surface area contributed by atoms with Crippen molar-refractivity contribution >= 4 is 35.4 Å². The average molecular weight is 599 g/mol. The van der Waals surface area contributed by atoms with E-state index in [2.05, 4.69) is 16.0 Å². The van der Waals surface area contributed by atoms with E-state index in [1.807, 2.05) is 0 Å². The van der Waals surface area contributed by atoms with Crippen molar-refractivity contribution in [3.63, 3.8) is 0 Å². The normalized spacial score (nSPS) is 21.7. The van der Waals surface area contributed by atoms with Gasteiger partial charge < -0.3 is 16.0 Å². The number of nitrogens with one attached hydrogen (secondary N) is 3. The lowest BCUT2D eigenvalue weighted by molar-refractivity contribution is -0.166. The summed E-state index contributed by atoms with van der Waals surface area (Å²) in [7, 11) is 0. The van der Waals surface area contributed by atoms with Gasteiger partial charge in [-0.1, -0.05) is 12.2 Å². The van der Waals surface area contributed by atoms with E-state index in [-0.39, 0.29) is 82.4 Å². The second-order valence-corrected chi connectivity index (χ2v) is 9.94. The predicted octanol–water partition coefficient (Wildman–Crippen LogP) is 0.630. The largest absolute Gasteiger partial charge is 0.356 e. The topological polar surface area (TPSA) is 209 Å². The van der Waals surface area contributed by atoms with Crippen LogP contribution < -0.4 is 16.0 Å². The van der Waals surface area contributed by atoms with E-state index in [0.717, 1.165) is 0 Å². The van der Waals surface area contributed by atoms with E-state index in [1.54, 1.807) is 12.2 Å². The molecule has 238 valence electrons. The molecule has 0 unspecified atom stereocenters. The zero-order valence-corrected chi connectivity index (χ0v) is 24.2. The van der Waals surface area contributed by atoms with Crippen LogP contribution >= 0.6 is 0 Å². The maximum Gasteiger partial charge on any atom is 0.246 e. The van der Waals surface area contributed by atoms with Crippen molar-refractivity contribution < 1.29 is 44.4 Å². The molecule has 15 heteroatoms. The van der Waals surface area contributed by atoms with Crippen LogP contribution in [0.5, 0.6) is 0 Å². The Morgan fingerprint density at radius 2 is 0.881 bits per heavy atom. The van der Waals surface area contributed by atoms with Crippen molar-refractivity contribution in [3.05, 3.63) is 12.2 Å². The molecule has 0 aromatic heterocycles. The molecule has 0 radical (unpaired) electrons. The van der Waals surface area contributed by atoms with Gasteiger partial charge in [0.25, 0.3) is 0 Å². The maximum absolute atomic E-state index is 12.0. The molecule has 0 aromatic rings. The summed E-state index contributed by atoms with van der Waals surface area (Å²) in [6.07, 6.45) is 6.42. The van der Waals surface area contributed by atoms with Gasteiger partial charge in [0, 0.05) is 71.2 Å². The third-order valence-corrected chi connectivity index (χ3v) is 6.38. The monoisotopic (exact) mass is 598 g/mol. The van der Waals surface area contributed by atoms with Gasteiger partial charge in [0.05, 0.1) is 6.54 Å². The van der Waals surface area contributed by atoms with Gasteiger partial charge in [-0.3, -0.25) is 44.4 Å². The number of hydrogen-bond acceptors (Lipinski definition) is 9. The van der Waals surface area contributed by atoms with Crippen molar-refractivity contribution in [1.82, 2.24) is 31.1 Å². The Kier molecular flexibility index (Phi) is 19.2.